The molecule has 0 aliphatic carbocycles. The molecule has 6 heteroatoms. The molecule has 2 aromatic rings. The van der Waals surface area contributed by atoms with Gasteiger partial charge in [-0.25, -0.2) is 0 Å². The monoisotopic (exact) mass is 390 g/mol. The largest absolute Gasteiger partial charge is 0.489 e. The molecule has 0 saturated heterocycles. The minimum atomic E-state index is -0.321. The van der Waals surface area contributed by atoms with E-state index in [9.17, 15) is 9.59 Å². The molecule has 2 aromatic carbocycles. The first-order valence-corrected chi connectivity index (χ1v) is 8.34. The molecule has 0 spiro atoms. The zero-order chi connectivity index (χ0) is 17.5. The van der Waals surface area contributed by atoms with Crippen LogP contribution in [0.25, 0.3) is 0 Å². The predicted octanol–water partition coefficient (Wildman–Crippen LogP) is 3.60. The van der Waals surface area contributed by atoms with Crippen molar-refractivity contribution >= 4 is 33.4 Å². The highest BCUT2D eigenvalue weighted by Gasteiger charge is 2.11. The van der Waals surface area contributed by atoms with Crippen LogP contribution in [-0.2, 0) is 4.79 Å². The highest BCUT2D eigenvalue weighted by molar-refractivity contribution is 9.10. The molecule has 0 unspecified atom stereocenters. The number of carbonyl (C=O) groups is 2. The summed E-state index contributed by atoms with van der Waals surface area (Å²) in [4.78, 5) is 24.1. The van der Waals surface area contributed by atoms with Crippen molar-refractivity contribution in [1.82, 2.24) is 5.32 Å². The Morgan fingerprint density at radius 1 is 1.12 bits per heavy atom. The summed E-state index contributed by atoms with van der Waals surface area (Å²) in [5.74, 6) is -0.0320. The van der Waals surface area contributed by atoms with Crippen LogP contribution in [0.4, 0.5) is 5.69 Å². The molecule has 2 N–H and O–H groups in total. The average Bonchev–Trinajstić information content (AvgIpc) is 2.54. The maximum absolute atomic E-state index is 12.1. The fourth-order valence-electron chi connectivity index (χ4n) is 2.01. The number of nitrogens with one attached hydrogen (secondary N) is 2. The van der Waals surface area contributed by atoms with Crippen LogP contribution in [0.5, 0.6) is 5.75 Å². The number of ether oxygens (including phenoxy) is 1. The van der Waals surface area contributed by atoms with Crippen molar-refractivity contribution in [3.8, 4) is 5.75 Å². The van der Waals surface area contributed by atoms with Crippen LogP contribution in [0.3, 0.4) is 0 Å². The molecule has 0 radical (unpaired) electrons. The highest BCUT2D eigenvalue weighted by atomic mass is 79.9. The number of para-hydroxylation sites is 2. The molecule has 0 aliphatic rings. The third-order valence-electron chi connectivity index (χ3n) is 3.02. The van der Waals surface area contributed by atoms with Gasteiger partial charge in [0.15, 0.2) is 0 Å². The summed E-state index contributed by atoms with van der Waals surface area (Å²) < 4.78 is 6.45. The van der Waals surface area contributed by atoms with Crippen molar-refractivity contribution in [2.75, 3.05) is 11.9 Å². The normalized spacial score (nSPS) is 10.3. The van der Waals surface area contributed by atoms with E-state index >= 15 is 0 Å². The van der Waals surface area contributed by atoms with E-state index in [1.807, 2.05) is 32.0 Å². The standard InChI is InChI=1S/C18H19BrN2O3/c1-12(2)24-16-9-4-3-8-15(16)21-17(22)11-20-18(23)13-6-5-7-14(19)10-13/h3-10,12H,11H2,1-2H3,(H,20,23)(H,21,22). The van der Waals surface area contributed by atoms with Gasteiger partial charge in [0.2, 0.25) is 5.91 Å². The van der Waals surface area contributed by atoms with E-state index in [1.165, 1.54) is 0 Å². The van der Waals surface area contributed by atoms with Crippen molar-refractivity contribution in [2.24, 2.45) is 0 Å². The molecule has 2 rings (SSSR count). The van der Waals surface area contributed by atoms with Gasteiger partial charge in [0.05, 0.1) is 18.3 Å². The molecule has 0 heterocycles. The molecule has 0 saturated carbocycles. The summed E-state index contributed by atoms with van der Waals surface area (Å²) in [6.07, 6.45) is -0.000665. The van der Waals surface area contributed by atoms with E-state index < -0.39 is 0 Å². The summed E-state index contributed by atoms with van der Waals surface area (Å²) in [6, 6.07) is 14.2. The lowest BCUT2D eigenvalue weighted by molar-refractivity contribution is -0.115. The van der Waals surface area contributed by atoms with Crippen molar-refractivity contribution in [3.63, 3.8) is 0 Å². The van der Waals surface area contributed by atoms with Crippen LogP contribution in [0.15, 0.2) is 53.0 Å². The quantitative estimate of drug-likeness (QED) is 0.791. The molecule has 0 atom stereocenters. The van der Waals surface area contributed by atoms with Crippen LogP contribution >= 0.6 is 15.9 Å². The second kappa shape index (κ2) is 8.49. The van der Waals surface area contributed by atoms with Crippen LogP contribution in [0.1, 0.15) is 24.2 Å². The van der Waals surface area contributed by atoms with Gasteiger partial charge in [-0.05, 0) is 44.2 Å². The zero-order valence-electron chi connectivity index (χ0n) is 13.5. The first-order valence-electron chi connectivity index (χ1n) is 7.55. The summed E-state index contributed by atoms with van der Waals surface area (Å²) in [5.41, 5.74) is 1.06. The van der Waals surface area contributed by atoms with Gasteiger partial charge in [0, 0.05) is 10.0 Å². The summed E-state index contributed by atoms with van der Waals surface area (Å²) in [6.45, 7) is 3.70. The number of halogens is 1. The van der Waals surface area contributed by atoms with Crippen LogP contribution < -0.4 is 15.4 Å². The lowest BCUT2D eigenvalue weighted by atomic mass is 10.2. The lowest BCUT2D eigenvalue weighted by Gasteiger charge is -2.15. The topological polar surface area (TPSA) is 67.4 Å². The Morgan fingerprint density at radius 3 is 2.58 bits per heavy atom. The first-order chi connectivity index (χ1) is 11.5. The second-order valence-electron chi connectivity index (χ2n) is 5.40. The Labute approximate surface area is 149 Å². The van der Waals surface area contributed by atoms with Crippen LogP contribution in [0, 0.1) is 0 Å². The van der Waals surface area contributed by atoms with Gasteiger partial charge in [-0.15, -0.1) is 0 Å². The van der Waals surface area contributed by atoms with Gasteiger partial charge in [0.25, 0.3) is 5.91 Å². The zero-order valence-corrected chi connectivity index (χ0v) is 15.1. The maximum Gasteiger partial charge on any atom is 0.251 e. The first kappa shape index (κ1) is 18.0. The molecule has 0 bridgehead atoms. The second-order valence-corrected chi connectivity index (χ2v) is 6.32. The number of hydrogen-bond acceptors (Lipinski definition) is 3. The number of carbonyl (C=O) groups excluding carboxylic acids is 2. The van der Waals surface area contributed by atoms with Gasteiger partial charge >= 0.3 is 0 Å². The van der Waals surface area contributed by atoms with Crippen molar-refractivity contribution in [3.05, 3.63) is 58.6 Å². The molecular formula is C18H19BrN2O3. The highest BCUT2D eigenvalue weighted by Crippen LogP contribution is 2.24. The molecule has 0 aromatic heterocycles. The fraction of sp³-hybridized carbons (Fsp3) is 0.222. The summed E-state index contributed by atoms with van der Waals surface area (Å²) >= 11 is 3.31. The molecular weight excluding hydrogens is 372 g/mol. The third-order valence-corrected chi connectivity index (χ3v) is 3.51. The van der Waals surface area contributed by atoms with Crippen LogP contribution in [-0.4, -0.2) is 24.5 Å². The molecule has 0 aliphatic heterocycles. The van der Waals surface area contributed by atoms with Crippen molar-refractivity contribution < 1.29 is 14.3 Å². The average molecular weight is 391 g/mol. The number of amides is 2. The summed E-state index contributed by atoms with van der Waals surface area (Å²) in [7, 11) is 0. The minimum Gasteiger partial charge on any atom is -0.489 e. The van der Waals surface area contributed by atoms with E-state index in [1.54, 1.807) is 30.3 Å². The fourth-order valence-corrected chi connectivity index (χ4v) is 2.41. The van der Waals surface area contributed by atoms with Gasteiger partial charge in [-0.1, -0.05) is 34.1 Å². The predicted molar refractivity (Wildman–Crippen MR) is 97.3 cm³/mol. The molecule has 0 fully saturated rings. The van der Waals surface area contributed by atoms with E-state index in [4.69, 9.17) is 4.74 Å². The Hall–Kier alpha value is -2.34. The number of benzene rings is 2. The Kier molecular flexibility index (Phi) is 6.37. The molecule has 2 amide bonds. The lowest BCUT2D eigenvalue weighted by Crippen LogP contribution is -2.33. The minimum absolute atomic E-state index is 0.000665. The van der Waals surface area contributed by atoms with E-state index in [0.717, 1.165) is 4.47 Å². The Balaban J connectivity index is 1.93. The van der Waals surface area contributed by atoms with Crippen molar-refractivity contribution in [2.45, 2.75) is 20.0 Å². The number of anilines is 1. The molecule has 126 valence electrons. The van der Waals surface area contributed by atoms with Gasteiger partial charge in [-0.3, -0.25) is 9.59 Å². The molecule has 5 nitrogen and oxygen atoms in total. The Morgan fingerprint density at radius 2 is 1.88 bits per heavy atom. The SMILES string of the molecule is CC(C)Oc1ccccc1NC(=O)CNC(=O)c1cccc(Br)c1. The van der Waals surface area contributed by atoms with E-state index in [2.05, 4.69) is 26.6 Å². The molecule has 24 heavy (non-hydrogen) atoms. The maximum atomic E-state index is 12.1. The number of rotatable bonds is 6. The number of hydrogen-bond donors (Lipinski definition) is 2. The van der Waals surface area contributed by atoms with Crippen molar-refractivity contribution in [1.29, 1.82) is 0 Å². The van der Waals surface area contributed by atoms with Gasteiger partial charge in [0.1, 0.15) is 5.75 Å². The third kappa shape index (κ3) is 5.38. The van der Waals surface area contributed by atoms with Gasteiger partial charge in [-0.2, -0.15) is 0 Å². The van der Waals surface area contributed by atoms with E-state index in [0.29, 0.717) is 17.0 Å². The van der Waals surface area contributed by atoms with E-state index in [-0.39, 0.29) is 24.5 Å². The Bertz CT molecular complexity index is 732. The summed E-state index contributed by atoms with van der Waals surface area (Å²) in [5, 5.41) is 5.34. The van der Waals surface area contributed by atoms with Gasteiger partial charge < -0.3 is 15.4 Å². The van der Waals surface area contributed by atoms with Crippen LogP contribution in [0.2, 0.25) is 0 Å². The smallest absolute Gasteiger partial charge is 0.251 e.